The van der Waals surface area contributed by atoms with Gasteiger partial charge in [0, 0.05) is 28.7 Å². The summed E-state index contributed by atoms with van der Waals surface area (Å²) in [5, 5.41) is 12.0. The molecule has 0 aliphatic carbocycles. The van der Waals surface area contributed by atoms with Gasteiger partial charge in [-0.3, -0.25) is 10.1 Å². The third-order valence-electron chi connectivity index (χ3n) is 3.78. The van der Waals surface area contributed by atoms with Crippen LogP contribution in [-0.2, 0) is 4.74 Å². The van der Waals surface area contributed by atoms with Crippen molar-refractivity contribution in [3.63, 3.8) is 0 Å². The normalized spacial score (nSPS) is 18.0. The van der Waals surface area contributed by atoms with Gasteiger partial charge in [-0.2, -0.15) is 0 Å². The Balaban J connectivity index is 1.87. The van der Waals surface area contributed by atoms with Crippen molar-refractivity contribution in [1.82, 2.24) is 0 Å². The molecular formula is C16H14BrClN2O3. The van der Waals surface area contributed by atoms with Gasteiger partial charge in [0.25, 0.3) is 5.69 Å². The first-order valence-corrected chi connectivity index (χ1v) is 8.27. The molecule has 2 aromatic rings. The molecule has 0 amide bonds. The Morgan fingerprint density at radius 2 is 2.00 bits per heavy atom. The van der Waals surface area contributed by atoms with Crippen LogP contribution in [0.2, 0.25) is 5.02 Å². The minimum absolute atomic E-state index is 0.0936. The third kappa shape index (κ3) is 3.65. The second kappa shape index (κ2) is 6.86. The van der Waals surface area contributed by atoms with Crippen LogP contribution in [0.3, 0.4) is 0 Å². The molecule has 3 rings (SSSR count). The molecule has 23 heavy (non-hydrogen) atoms. The van der Waals surface area contributed by atoms with Crippen molar-refractivity contribution >= 4 is 38.9 Å². The Labute approximate surface area is 147 Å². The third-order valence-corrected chi connectivity index (χ3v) is 4.53. The maximum absolute atomic E-state index is 11.3. The summed E-state index contributed by atoms with van der Waals surface area (Å²) >= 11 is 9.20. The predicted molar refractivity (Wildman–Crippen MR) is 93.2 cm³/mol. The molecule has 1 atom stereocenters. The van der Waals surface area contributed by atoms with Crippen LogP contribution >= 0.6 is 27.5 Å². The Kier molecular flexibility index (Phi) is 4.84. The highest BCUT2D eigenvalue weighted by Gasteiger charge is 2.27. The van der Waals surface area contributed by atoms with E-state index < -0.39 is 0 Å². The highest BCUT2D eigenvalue weighted by atomic mass is 79.9. The largest absolute Gasteiger partial charge is 0.370 e. The Morgan fingerprint density at radius 3 is 2.70 bits per heavy atom. The highest BCUT2D eigenvalue weighted by Crippen LogP contribution is 2.34. The number of halogens is 2. The fourth-order valence-electron chi connectivity index (χ4n) is 2.66. The second-order valence-corrected chi connectivity index (χ2v) is 6.60. The zero-order valence-electron chi connectivity index (χ0n) is 12.1. The molecule has 1 saturated heterocycles. The molecule has 0 N–H and O–H groups in total. The number of anilines is 1. The van der Waals surface area contributed by atoms with E-state index in [1.165, 1.54) is 6.07 Å². The molecule has 0 radical (unpaired) electrons. The van der Waals surface area contributed by atoms with Gasteiger partial charge in [-0.1, -0.05) is 39.7 Å². The van der Waals surface area contributed by atoms with Gasteiger partial charge >= 0.3 is 0 Å². The monoisotopic (exact) mass is 396 g/mol. The summed E-state index contributed by atoms with van der Waals surface area (Å²) < 4.78 is 6.51. The minimum Gasteiger partial charge on any atom is -0.370 e. The standard InChI is InChI=1S/C16H14BrClN2O3/c17-12-3-6-14(15(9-12)20(21)22)19-7-8-23-16(10-19)11-1-4-13(18)5-2-11/h1-6,9,16H,7-8,10H2. The summed E-state index contributed by atoms with van der Waals surface area (Å²) in [6, 6.07) is 12.6. The Morgan fingerprint density at radius 1 is 1.26 bits per heavy atom. The van der Waals surface area contributed by atoms with Crippen molar-refractivity contribution in [2.24, 2.45) is 0 Å². The van der Waals surface area contributed by atoms with E-state index in [0.717, 1.165) is 5.56 Å². The molecule has 1 fully saturated rings. The molecule has 120 valence electrons. The molecule has 7 heteroatoms. The van der Waals surface area contributed by atoms with Gasteiger partial charge in [0.1, 0.15) is 11.8 Å². The quantitative estimate of drug-likeness (QED) is 0.561. The van der Waals surface area contributed by atoms with Gasteiger partial charge in [0.05, 0.1) is 11.5 Å². The summed E-state index contributed by atoms with van der Waals surface area (Å²) in [4.78, 5) is 13.0. The van der Waals surface area contributed by atoms with Crippen LogP contribution in [0.5, 0.6) is 0 Å². The number of hydrogen-bond donors (Lipinski definition) is 0. The lowest BCUT2D eigenvalue weighted by Gasteiger charge is -2.34. The number of rotatable bonds is 3. The smallest absolute Gasteiger partial charge is 0.293 e. The first-order chi connectivity index (χ1) is 11.0. The number of nitrogens with zero attached hydrogens (tertiary/aromatic N) is 2. The average Bonchev–Trinajstić information content (AvgIpc) is 2.55. The van der Waals surface area contributed by atoms with E-state index in [1.54, 1.807) is 6.07 Å². The van der Waals surface area contributed by atoms with E-state index in [9.17, 15) is 10.1 Å². The number of ether oxygens (including phenoxy) is 1. The number of hydrogen-bond acceptors (Lipinski definition) is 4. The number of morpholine rings is 1. The van der Waals surface area contributed by atoms with Crippen molar-refractivity contribution < 1.29 is 9.66 Å². The minimum atomic E-state index is -0.354. The molecule has 1 aliphatic heterocycles. The van der Waals surface area contributed by atoms with Crippen molar-refractivity contribution in [2.75, 3.05) is 24.6 Å². The molecule has 2 aromatic carbocycles. The molecule has 1 aliphatic rings. The summed E-state index contributed by atoms with van der Waals surface area (Å²) in [7, 11) is 0. The fraction of sp³-hybridized carbons (Fsp3) is 0.250. The predicted octanol–water partition coefficient (Wildman–Crippen LogP) is 4.59. The van der Waals surface area contributed by atoms with E-state index in [4.69, 9.17) is 16.3 Å². The van der Waals surface area contributed by atoms with Crippen LogP contribution in [0.15, 0.2) is 46.9 Å². The lowest BCUT2D eigenvalue weighted by Crippen LogP contribution is -2.38. The number of nitro benzene ring substituents is 1. The molecule has 5 nitrogen and oxygen atoms in total. The molecule has 0 saturated carbocycles. The van der Waals surface area contributed by atoms with Crippen LogP contribution in [-0.4, -0.2) is 24.6 Å². The van der Waals surface area contributed by atoms with Crippen LogP contribution in [0.4, 0.5) is 11.4 Å². The van der Waals surface area contributed by atoms with E-state index in [-0.39, 0.29) is 16.7 Å². The van der Waals surface area contributed by atoms with Crippen LogP contribution in [0, 0.1) is 10.1 Å². The van der Waals surface area contributed by atoms with Gasteiger partial charge in [-0.15, -0.1) is 0 Å². The van der Waals surface area contributed by atoms with Gasteiger partial charge in [-0.25, -0.2) is 0 Å². The lowest BCUT2D eigenvalue weighted by atomic mass is 10.1. The first kappa shape index (κ1) is 16.2. The highest BCUT2D eigenvalue weighted by molar-refractivity contribution is 9.10. The van der Waals surface area contributed by atoms with E-state index >= 15 is 0 Å². The van der Waals surface area contributed by atoms with Crippen molar-refractivity contribution in [3.05, 3.63) is 67.6 Å². The van der Waals surface area contributed by atoms with Crippen molar-refractivity contribution in [3.8, 4) is 0 Å². The first-order valence-electron chi connectivity index (χ1n) is 7.10. The molecule has 1 heterocycles. The van der Waals surface area contributed by atoms with Gasteiger partial charge in [0.15, 0.2) is 0 Å². The average molecular weight is 398 g/mol. The molecule has 0 aromatic heterocycles. The molecular weight excluding hydrogens is 384 g/mol. The van der Waals surface area contributed by atoms with E-state index in [2.05, 4.69) is 15.9 Å². The molecule has 1 unspecified atom stereocenters. The zero-order valence-corrected chi connectivity index (χ0v) is 14.5. The summed E-state index contributed by atoms with van der Waals surface area (Å²) in [5.41, 5.74) is 1.72. The second-order valence-electron chi connectivity index (χ2n) is 5.25. The fourth-order valence-corrected chi connectivity index (χ4v) is 3.13. The Hall–Kier alpha value is -1.63. The van der Waals surface area contributed by atoms with Crippen LogP contribution in [0.1, 0.15) is 11.7 Å². The van der Waals surface area contributed by atoms with Gasteiger partial charge < -0.3 is 9.64 Å². The zero-order chi connectivity index (χ0) is 16.4. The maximum Gasteiger partial charge on any atom is 0.293 e. The summed E-state index contributed by atoms with van der Waals surface area (Å²) in [6.45, 7) is 1.69. The van der Waals surface area contributed by atoms with Gasteiger partial charge in [-0.05, 0) is 29.8 Å². The maximum atomic E-state index is 11.3. The van der Waals surface area contributed by atoms with Crippen LogP contribution in [0.25, 0.3) is 0 Å². The molecule has 0 bridgehead atoms. The van der Waals surface area contributed by atoms with E-state index in [1.807, 2.05) is 35.2 Å². The number of nitro groups is 1. The SMILES string of the molecule is O=[N+]([O-])c1cc(Br)ccc1N1CCOC(c2ccc(Cl)cc2)C1. The number of benzene rings is 2. The molecule has 0 spiro atoms. The lowest BCUT2D eigenvalue weighted by molar-refractivity contribution is -0.384. The summed E-state index contributed by atoms with van der Waals surface area (Å²) in [6.07, 6.45) is -0.135. The summed E-state index contributed by atoms with van der Waals surface area (Å²) in [5.74, 6) is 0. The van der Waals surface area contributed by atoms with Crippen molar-refractivity contribution in [2.45, 2.75) is 6.10 Å². The Bertz CT molecular complexity index is 724. The van der Waals surface area contributed by atoms with Crippen LogP contribution < -0.4 is 4.90 Å². The van der Waals surface area contributed by atoms with Gasteiger partial charge in [0.2, 0.25) is 0 Å². The van der Waals surface area contributed by atoms with Crippen molar-refractivity contribution in [1.29, 1.82) is 0 Å². The topological polar surface area (TPSA) is 55.6 Å². The van der Waals surface area contributed by atoms with E-state index in [0.29, 0.717) is 34.9 Å².